The molecule has 1 saturated heterocycles. The van der Waals surface area contributed by atoms with E-state index in [0.717, 1.165) is 50.4 Å². The van der Waals surface area contributed by atoms with E-state index in [1.807, 2.05) is 25.1 Å². The van der Waals surface area contributed by atoms with Crippen LogP contribution in [-0.2, 0) is 12.8 Å². The topological polar surface area (TPSA) is 87.1 Å². The van der Waals surface area contributed by atoms with E-state index in [-0.39, 0.29) is 11.9 Å². The molecular weight excluding hydrogens is 354 g/mol. The Balaban J connectivity index is 1.35. The number of rotatable bonds is 4. The summed E-state index contributed by atoms with van der Waals surface area (Å²) in [5.41, 5.74) is 2.90. The van der Waals surface area contributed by atoms with Crippen molar-refractivity contribution in [3.05, 3.63) is 35.4 Å². The van der Waals surface area contributed by atoms with Crippen molar-refractivity contribution in [3.8, 4) is 0 Å². The maximum atomic E-state index is 12.5. The maximum Gasteiger partial charge on any atom is 0.272 e. The molecule has 0 unspecified atom stereocenters. The van der Waals surface area contributed by atoms with Crippen LogP contribution in [0.3, 0.4) is 0 Å². The first kappa shape index (κ1) is 18.6. The van der Waals surface area contributed by atoms with Gasteiger partial charge in [0.15, 0.2) is 11.5 Å². The lowest BCUT2D eigenvalue weighted by Gasteiger charge is -2.34. The third-order valence-corrected chi connectivity index (χ3v) is 5.57. The first-order valence-corrected chi connectivity index (χ1v) is 10.0. The summed E-state index contributed by atoms with van der Waals surface area (Å²) < 4.78 is 0. The molecule has 0 bridgehead atoms. The van der Waals surface area contributed by atoms with E-state index >= 15 is 0 Å². The minimum atomic E-state index is -0.157. The van der Waals surface area contributed by atoms with Gasteiger partial charge in [-0.15, -0.1) is 10.2 Å². The predicted octanol–water partition coefficient (Wildman–Crippen LogP) is 1.61. The van der Waals surface area contributed by atoms with Crippen LogP contribution in [-0.4, -0.2) is 59.3 Å². The van der Waals surface area contributed by atoms with Crippen LogP contribution in [0.5, 0.6) is 0 Å². The van der Waals surface area contributed by atoms with Gasteiger partial charge in [-0.05, 0) is 50.7 Å². The summed E-state index contributed by atoms with van der Waals surface area (Å²) in [6.45, 7) is 1.78. The lowest BCUT2D eigenvalue weighted by Crippen LogP contribution is -2.45. The number of nitrogens with zero attached hydrogens (tertiary/aromatic N) is 6. The molecule has 2 aromatic heterocycles. The van der Waals surface area contributed by atoms with Crippen LogP contribution < -0.4 is 15.1 Å². The number of carbonyl (C=O) groups excluding carboxylic acids is 1. The molecule has 28 heavy (non-hydrogen) atoms. The molecule has 8 heteroatoms. The minimum Gasteiger partial charge on any atom is -0.361 e. The highest BCUT2D eigenvalue weighted by Crippen LogP contribution is 2.28. The number of carbonyl (C=O) groups is 1. The molecule has 2 aromatic rings. The molecule has 0 spiro atoms. The van der Waals surface area contributed by atoms with E-state index in [1.54, 1.807) is 12.4 Å². The molecule has 1 aliphatic carbocycles. The first-order valence-electron chi connectivity index (χ1n) is 10.0. The minimum absolute atomic E-state index is 0.150. The highest BCUT2D eigenvalue weighted by Gasteiger charge is 2.25. The van der Waals surface area contributed by atoms with Crippen molar-refractivity contribution in [2.45, 2.75) is 44.6 Å². The number of aromatic nitrogens is 4. The number of amides is 1. The first-order chi connectivity index (χ1) is 13.6. The number of piperidine rings is 1. The van der Waals surface area contributed by atoms with E-state index in [0.29, 0.717) is 5.69 Å². The molecule has 0 aromatic carbocycles. The Labute approximate surface area is 165 Å². The van der Waals surface area contributed by atoms with Crippen LogP contribution in [0.15, 0.2) is 18.5 Å². The Hall–Kier alpha value is -2.77. The van der Waals surface area contributed by atoms with Gasteiger partial charge in [0, 0.05) is 44.5 Å². The van der Waals surface area contributed by atoms with Gasteiger partial charge in [0.05, 0.1) is 0 Å². The van der Waals surface area contributed by atoms with Gasteiger partial charge < -0.3 is 15.1 Å². The second-order valence-corrected chi connectivity index (χ2v) is 7.74. The quantitative estimate of drug-likeness (QED) is 0.861. The Kier molecular flexibility index (Phi) is 5.36. The van der Waals surface area contributed by atoms with Crippen molar-refractivity contribution < 1.29 is 4.79 Å². The summed E-state index contributed by atoms with van der Waals surface area (Å²) >= 11 is 0. The Bertz CT molecular complexity index is 829. The second kappa shape index (κ2) is 8.08. The Morgan fingerprint density at radius 2 is 1.89 bits per heavy atom. The lowest BCUT2D eigenvalue weighted by molar-refractivity contribution is 0.0925. The van der Waals surface area contributed by atoms with Gasteiger partial charge >= 0.3 is 0 Å². The van der Waals surface area contributed by atoms with Gasteiger partial charge in [-0.3, -0.25) is 4.79 Å². The second-order valence-electron chi connectivity index (χ2n) is 7.74. The van der Waals surface area contributed by atoms with E-state index in [1.165, 1.54) is 24.1 Å². The SMILES string of the molecule is CN(C)c1ccc(C(=O)NC2CCN(c3ncnc4c3CCCC4)CC2)nn1. The number of hydrogen-bond acceptors (Lipinski definition) is 7. The molecule has 4 rings (SSSR count). The van der Waals surface area contributed by atoms with Crippen LogP contribution in [0.25, 0.3) is 0 Å². The molecule has 148 valence electrons. The van der Waals surface area contributed by atoms with E-state index in [2.05, 4.69) is 30.4 Å². The summed E-state index contributed by atoms with van der Waals surface area (Å²) in [4.78, 5) is 25.7. The van der Waals surface area contributed by atoms with Crippen molar-refractivity contribution in [2.75, 3.05) is 37.0 Å². The van der Waals surface area contributed by atoms with Crippen molar-refractivity contribution >= 4 is 17.5 Å². The van der Waals surface area contributed by atoms with Gasteiger partial charge in [0.25, 0.3) is 5.91 Å². The summed E-state index contributed by atoms with van der Waals surface area (Å²) in [6, 6.07) is 3.68. The molecule has 1 N–H and O–H groups in total. The molecule has 0 radical (unpaired) electrons. The summed E-state index contributed by atoms with van der Waals surface area (Å²) in [5, 5.41) is 11.2. The third-order valence-electron chi connectivity index (χ3n) is 5.57. The van der Waals surface area contributed by atoms with E-state index in [9.17, 15) is 4.79 Å². The molecule has 1 fully saturated rings. The summed E-state index contributed by atoms with van der Waals surface area (Å²) in [6.07, 6.45) is 8.06. The van der Waals surface area contributed by atoms with Gasteiger partial charge in [-0.1, -0.05) is 0 Å². The molecule has 0 atom stereocenters. The zero-order chi connectivity index (χ0) is 19.5. The highest BCUT2D eigenvalue weighted by atomic mass is 16.2. The number of nitrogens with one attached hydrogen (secondary N) is 1. The zero-order valence-electron chi connectivity index (χ0n) is 16.6. The van der Waals surface area contributed by atoms with Crippen LogP contribution >= 0.6 is 0 Å². The van der Waals surface area contributed by atoms with Crippen LogP contribution in [0.1, 0.15) is 47.4 Å². The lowest BCUT2D eigenvalue weighted by atomic mass is 9.95. The molecule has 3 heterocycles. The number of hydrogen-bond donors (Lipinski definition) is 1. The normalized spacial score (nSPS) is 17.1. The summed E-state index contributed by atoms with van der Waals surface area (Å²) in [5.74, 6) is 1.67. The van der Waals surface area contributed by atoms with Crippen LogP contribution in [0.2, 0.25) is 0 Å². The molecular formula is C20H27N7O. The van der Waals surface area contributed by atoms with Crippen LogP contribution in [0.4, 0.5) is 11.6 Å². The molecule has 2 aliphatic rings. The molecule has 1 aliphatic heterocycles. The average molecular weight is 381 g/mol. The fraction of sp³-hybridized carbons (Fsp3) is 0.550. The number of aryl methyl sites for hydroxylation is 1. The monoisotopic (exact) mass is 381 g/mol. The standard InChI is InChI=1S/C20H27N7O/c1-26(2)18-8-7-17(24-25-18)20(28)23-14-9-11-27(12-10-14)19-15-5-3-4-6-16(15)21-13-22-19/h7-8,13-14H,3-6,9-12H2,1-2H3,(H,23,28). The van der Waals surface area contributed by atoms with Crippen LogP contribution in [0, 0.1) is 0 Å². The third kappa shape index (κ3) is 3.90. The fourth-order valence-corrected chi connectivity index (χ4v) is 3.96. The smallest absolute Gasteiger partial charge is 0.272 e. The number of anilines is 2. The molecule has 0 saturated carbocycles. The van der Waals surface area contributed by atoms with Gasteiger partial charge in [-0.2, -0.15) is 0 Å². The predicted molar refractivity (Wildman–Crippen MR) is 108 cm³/mol. The summed E-state index contributed by atoms with van der Waals surface area (Å²) in [7, 11) is 3.79. The van der Waals surface area contributed by atoms with Crippen molar-refractivity contribution in [3.63, 3.8) is 0 Å². The molecule has 1 amide bonds. The maximum absolute atomic E-state index is 12.5. The van der Waals surface area contributed by atoms with Gasteiger partial charge in [0.2, 0.25) is 0 Å². The zero-order valence-corrected chi connectivity index (χ0v) is 16.6. The Morgan fingerprint density at radius 3 is 2.61 bits per heavy atom. The average Bonchev–Trinajstić information content (AvgIpc) is 2.74. The fourth-order valence-electron chi connectivity index (χ4n) is 3.96. The number of fused-ring (bicyclic) bond motifs is 1. The van der Waals surface area contributed by atoms with Crippen molar-refractivity contribution in [1.29, 1.82) is 0 Å². The van der Waals surface area contributed by atoms with Gasteiger partial charge in [-0.25, -0.2) is 9.97 Å². The largest absolute Gasteiger partial charge is 0.361 e. The molecule has 8 nitrogen and oxygen atoms in total. The van der Waals surface area contributed by atoms with E-state index in [4.69, 9.17) is 0 Å². The highest BCUT2D eigenvalue weighted by molar-refractivity contribution is 5.92. The van der Waals surface area contributed by atoms with Gasteiger partial charge in [0.1, 0.15) is 12.1 Å². The van der Waals surface area contributed by atoms with Crippen molar-refractivity contribution in [2.24, 2.45) is 0 Å². The van der Waals surface area contributed by atoms with Crippen molar-refractivity contribution in [1.82, 2.24) is 25.5 Å². The van der Waals surface area contributed by atoms with E-state index < -0.39 is 0 Å². The Morgan fingerprint density at radius 1 is 1.11 bits per heavy atom.